The number of hydrogen-bond donors (Lipinski definition) is 0. The number of aryl methyl sites for hydroxylation is 2. The smallest absolute Gasteiger partial charge is 0.141 e. The van der Waals surface area contributed by atoms with Crippen LogP contribution >= 0.6 is 0 Å². The first-order chi connectivity index (χ1) is 18.1. The minimum atomic E-state index is -0.168. The van der Waals surface area contributed by atoms with Gasteiger partial charge in [0.15, 0.2) is 0 Å². The van der Waals surface area contributed by atoms with E-state index in [1.807, 2.05) is 68.7 Å². The van der Waals surface area contributed by atoms with Gasteiger partial charge in [0.1, 0.15) is 17.5 Å². The zero-order chi connectivity index (χ0) is 25.4. The van der Waals surface area contributed by atoms with E-state index in [-0.39, 0.29) is 6.04 Å². The maximum Gasteiger partial charge on any atom is 0.141 e. The lowest BCUT2D eigenvalue weighted by molar-refractivity contribution is 0.393. The van der Waals surface area contributed by atoms with E-state index < -0.39 is 0 Å². The van der Waals surface area contributed by atoms with Gasteiger partial charge < -0.3 is 9.09 Å². The number of terminal acetylenes is 1. The van der Waals surface area contributed by atoms with Crippen molar-refractivity contribution in [1.29, 1.82) is 0 Å². The zero-order valence-electron chi connectivity index (χ0n) is 20.5. The van der Waals surface area contributed by atoms with Gasteiger partial charge in [0.05, 0.1) is 22.4 Å². The summed E-state index contributed by atoms with van der Waals surface area (Å²) in [7, 11) is 0. The molecule has 6 heteroatoms. The molecular weight excluding hydrogens is 458 g/mol. The number of pyridine rings is 3. The molecule has 0 aliphatic heterocycles. The highest BCUT2D eigenvalue weighted by Gasteiger charge is 2.24. The molecule has 0 fully saturated rings. The van der Waals surface area contributed by atoms with Crippen LogP contribution in [0, 0.1) is 26.2 Å². The maximum absolute atomic E-state index is 5.54. The van der Waals surface area contributed by atoms with E-state index in [4.69, 9.17) is 20.9 Å². The molecule has 1 atom stereocenters. The number of hydrogen-bond acceptors (Lipinski definition) is 5. The third kappa shape index (κ3) is 3.97. The van der Waals surface area contributed by atoms with Crippen molar-refractivity contribution in [2.75, 3.05) is 0 Å². The van der Waals surface area contributed by atoms with Crippen LogP contribution in [-0.4, -0.2) is 24.7 Å². The molecule has 178 valence electrons. The Kier molecular flexibility index (Phi) is 5.59. The molecule has 0 bridgehead atoms. The van der Waals surface area contributed by atoms with Gasteiger partial charge in [-0.15, -0.1) is 6.42 Å². The summed E-state index contributed by atoms with van der Waals surface area (Å²) >= 11 is 0. The molecule has 0 amide bonds. The van der Waals surface area contributed by atoms with Crippen LogP contribution in [-0.2, 0) is 0 Å². The average Bonchev–Trinajstić information content (AvgIpc) is 3.49. The quantitative estimate of drug-likeness (QED) is 0.267. The van der Waals surface area contributed by atoms with Crippen LogP contribution in [0.5, 0.6) is 0 Å². The third-order valence-corrected chi connectivity index (χ3v) is 6.57. The number of benzene rings is 1. The fourth-order valence-corrected chi connectivity index (χ4v) is 4.87. The third-order valence-electron chi connectivity index (χ3n) is 6.57. The number of nitrogens with zero attached hydrogens (tertiary/aromatic N) is 5. The van der Waals surface area contributed by atoms with Gasteiger partial charge in [-0.2, -0.15) is 0 Å². The number of rotatable bonds is 5. The largest absolute Gasteiger partial charge is 0.361 e. The lowest BCUT2D eigenvalue weighted by Gasteiger charge is -2.20. The molecule has 0 N–H and O–H groups in total. The monoisotopic (exact) mass is 481 g/mol. The van der Waals surface area contributed by atoms with Crippen molar-refractivity contribution in [1.82, 2.24) is 24.7 Å². The average molecular weight is 482 g/mol. The summed E-state index contributed by atoms with van der Waals surface area (Å²) in [4.78, 5) is 14.1. The second kappa shape index (κ2) is 9.21. The maximum atomic E-state index is 5.54. The van der Waals surface area contributed by atoms with Crippen molar-refractivity contribution in [2.24, 2.45) is 0 Å². The first-order valence-electron chi connectivity index (χ1n) is 12.0. The van der Waals surface area contributed by atoms with E-state index in [9.17, 15) is 0 Å². The first-order valence-corrected chi connectivity index (χ1v) is 12.0. The Hall–Kier alpha value is -5.02. The molecule has 1 aromatic carbocycles. The van der Waals surface area contributed by atoms with Gasteiger partial charge in [-0.1, -0.05) is 47.5 Å². The van der Waals surface area contributed by atoms with Crippen LogP contribution in [0.4, 0.5) is 0 Å². The van der Waals surface area contributed by atoms with Crippen molar-refractivity contribution in [3.63, 3.8) is 0 Å². The highest BCUT2D eigenvalue weighted by molar-refractivity contribution is 5.95. The Morgan fingerprint density at radius 2 is 1.70 bits per heavy atom. The van der Waals surface area contributed by atoms with Crippen molar-refractivity contribution in [3.05, 3.63) is 120 Å². The van der Waals surface area contributed by atoms with Crippen molar-refractivity contribution >= 4 is 11.0 Å². The second-order valence-electron chi connectivity index (χ2n) is 8.89. The Labute approximate surface area is 214 Å². The molecule has 0 saturated heterocycles. The van der Waals surface area contributed by atoms with Gasteiger partial charge in [-0.3, -0.25) is 9.97 Å². The Morgan fingerprint density at radius 1 is 0.892 bits per heavy atom. The van der Waals surface area contributed by atoms with Crippen molar-refractivity contribution < 1.29 is 4.52 Å². The van der Waals surface area contributed by atoms with Gasteiger partial charge >= 0.3 is 0 Å². The predicted molar refractivity (Wildman–Crippen MR) is 144 cm³/mol. The standard InChI is InChI=1S/C31H23N5O/c1-4-25-14-13-23(17-33-25)26-19-36(31(22-10-6-5-7-11-22)27-12-8-9-15-32-27)28-16-24(18-34-30(26)28)29-20(2)35-37-21(29)3/h1,5-19,31H,2-3H3/t31-/m1/s1. The summed E-state index contributed by atoms with van der Waals surface area (Å²) in [5, 5.41) is 4.15. The van der Waals surface area contributed by atoms with Crippen LogP contribution in [0.1, 0.15) is 34.4 Å². The SMILES string of the molecule is C#Cc1ccc(-c2cn([C@H](c3ccccc3)c3ccccn3)c3cc(-c4c(C)noc4C)cnc23)cn1. The zero-order valence-corrected chi connectivity index (χ0v) is 20.5. The summed E-state index contributed by atoms with van der Waals surface area (Å²) in [5.41, 5.74) is 9.11. The van der Waals surface area contributed by atoms with Gasteiger partial charge in [-0.05, 0) is 49.7 Å². The summed E-state index contributed by atoms with van der Waals surface area (Å²) in [5.74, 6) is 3.35. The van der Waals surface area contributed by atoms with Crippen LogP contribution in [0.2, 0.25) is 0 Å². The van der Waals surface area contributed by atoms with Crippen LogP contribution in [0.25, 0.3) is 33.3 Å². The van der Waals surface area contributed by atoms with Gasteiger partial charge in [0.25, 0.3) is 0 Å². The van der Waals surface area contributed by atoms with Gasteiger partial charge in [0, 0.05) is 47.0 Å². The molecule has 5 aromatic heterocycles. The number of fused-ring (bicyclic) bond motifs is 1. The Balaban J connectivity index is 1.65. The Bertz CT molecular complexity index is 1680. The minimum absolute atomic E-state index is 0.168. The van der Waals surface area contributed by atoms with E-state index in [0.29, 0.717) is 5.69 Å². The van der Waals surface area contributed by atoms with Crippen LogP contribution < -0.4 is 0 Å². The molecule has 0 saturated carbocycles. The fourth-order valence-electron chi connectivity index (χ4n) is 4.87. The number of aromatic nitrogens is 5. The van der Waals surface area contributed by atoms with E-state index in [2.05, 4.69) is 51.1 Å². The lowest BCUT2D eigenvalue weighted by Crippen LogP contribution is -2.13. The van der Waals surface area contributed by atoms with E-state index in [0.717, 1.165) is 56.0 Å². The van der Waals surface area contributed by atoms with E-state index in [1.165, 1.54) is 0 Å². The second-order valence-corrected chi connectivity index (χ2v) is 8.89. The topological polar surface area (TPSA) is 69.6 Å². The normalized spacial score (nSPS) is 11.9. The van der Waals surface area contributed by atoms with Crippen LogP contribution in [0.15, 0.2) is 96.0 Å². The molecule has 0 unspecified atom stereocenters. The molecule has 37 heavy (non-hydrogen) atoms. The van der Waals surface area contributed by atoms with Gasteiger partial charge in [-0.25, -0.2) is 4.98 Å². The summed E-state index contributed by atoms with van der Waals surface area (Å²) in [6.07, 6.45) is 13.2. The predicted octanol–water partition coefficient (Wildman–Crippen LogP) is 6.38. The molecule has 6 aromatic rings. The van der Waals surface area contributed by atoms with Crippen molar-refractivity contribution in [3.8, 4) is 34.6 Å². The Morgan fingerprint density at radius 3 is 2.38 bits per heavy atom. The summed E-state index contributed by atoms with van der Waals surface area (Å²) in [6, 6.07) is 22.2. The lowest BCUT2D eigenvalue weighted by atomic mass is 10.0. The molecule has 6 nitrogen and oxygen atoms in total. The van der Waals surface area contributed by atoms with Crippen molar-refractivity contribution in [2.45, 2.75) is 19.9 Å². The molecule has 0 spiro atoms. The van der Waals surface area contributed by atoms with Gasteiger partial charge in [0.2, 0.25) is 0 Å². The molecule has 6 rings (SSSR count). The fraction of sp³-hybridized carbons (Fsp3) is 0.0968. The molecular formula is C31H23N5O. The summed E-state index contributed by atoms with van der Waals surface area (Å²) < 4.78 is 7.70. The molecule has 0 aliphatic carbocycles. The first kappa shape index (κ1) is 22.4. The molecule has 0 aliphatic rings. The molecule has 5 heterocycles. The van der Waals surface area contributed by atoms with E-state index >= 15 is 0 Å². The minimum Gasteiger partial charge on any atom is -0.361 e. The van der Waals surface area contributed by atoms with Crippen LogP contribution in [0.3, 0.4) is 0 Å². The molecule has 0 radical (unpaired) electrons. The highest BCUT2D eigenvalue weighted by atomic mass is 16.5. The van der Waals surface area contributed by atoms with E-state index in [1.54, 1.807) is 6.20 Å². The highest BCUT2D eigenvalue weighted by Crippen LogP contribution is 2.38. The summed E-state index contributed by atoms with van der Waals surface area (Å²) in [6.45, 7) is 3.86.